The van der Waals surface area contributed by atoms with E-state index in [0.29, 0.717) is 0 Å². The van der Waals surface area contributed by atoms with E-state index in [4.69, 9.17) is 16.3 Å². The maximum atomic E-state index is 6.51. The summed E-state index contributed by atoms with van der Waals surface area (Å²) in [5.74, 6) is 0. The fourth-order valence-corrected chi connectivity index (χ4v) is 3.62. The van der Waals surface area contributed by atoms with Gasteiger partial charge in [-0.1, -0.05) is 54.6 Å². The van der Waals surface area contributed by atoms with Gasteiger partial charge in [-0.3, -0.25) is 0 Å². The van der Waals surface area contributed by atoms with Gasteiger partial charge in [0.2, 0.25) is 0 Å². The van der Waals surface area contributed by atoms with Crippen molar-refractivity contribution in [1.82, 2.24) is 0 Å². The Morgan fingerprint density at radius 1 is 1.00 bits per heavy atom. The Balaban J connectivity index is 1.65. The minimum Gasteiger partial charge on any atom is -0.370 e. The number of ether oxygens (including phenoxy) is 1. The lowest BCUT2D eigenvalue weighted by Crippen LogP contribution is -2.29. The third-order valence-electron chi connectivity index (χ3n) is 4.48. The van der Waals surface area contributed by atoms with E-state index in [-0.39, 0.29) is 17.6 Å². The number of rotatable bonds is 4. The van der Waals surface area contributed by atoms with Crippen molar-refractivity contribution in [2.45, 2.75) is 50.2 Å². The number of alkyl halides is 1. The fraction of sp³-hybridized carbons (Fsp3) is 0.400. The highest BCUT2D eigenvalue weighted by Gasteiger charge is 2.29. The van der Waals surface area contributed by atoms with Crippen LogP contribution < -0.4 is 0 Å². The number of benzene rings is 2. The van der Waals surface area contributed by atoms with Gasteiger partial charge in [0.25, 0.3) is 0 Å². The van der Waals surface area contributed by atoms with Gasteiger partial charge in [-0.2, -0.15) is 0 Å². The molecule has 0 aromatic heterocycles. The first-order chi connectivity index (χ1) is 10.7. The third kappa shape index (κ3) is 3.91. The van der Waals surface area contributed by atoms with E-state index in [1.807, 2.05) is 0 Å². The quantitative estimate of drug-likeness (QED) is 0.681. The zero-order valence-corrected chi connectivity index (χ0v) is 13.8. The molecule has 0 radical (unpaired) electrons. The summed E-state index contributed by atoms with van der Waals surface area (Å²) in [6, 6.07) is 19.1. The molecular weight excluding hydrogens is 292 g/mol. The van der Waals surface area contributed by atoms with Crippen LogP contribution in [0.4, 0.5) is 0 Å². The molecule has 0 spiro atoms. The van der Waals surface area contributed by atoms with Crippen LogP contribution in [0.2, 0.25) is 0 Å². The van der Waals surface area contributed by atoms with Gasteiger partial charge in [0.05, 0.1) is 12.2 Å². The van der Waals surface area contributed by atoms with E-state index in [1.54, 1.807) is 0 Å². The molecule has 1 saturated heterocycles. The molecule has 1 aliphatic heterocycles. The molecule has 0 saturated carbocycles. The molecule has 2 aromatic rings. The zero-order valence-electron chi connectivity index (χ0n) is 13.0. The summed E-state index contributed by atoms with van der Waals surface area (Å²) < 4.78 is 6.36. The Hall–Kier alpha value is -1.31. The maximum Gasteiger partial charge on any atom is 0.0845 e. The van der Waals surface area contributed by atoms with E-state index in [2.05, 4.69) is 61.5 Å². The maximum absolute atomic E-state index is 6.51. The van der Waals surface area contributed by atoms with Crippen molar-refractivity contribution >= 4 is 11.6 Å². The standard InChI is InChI=1S/C20H23ClO/c1-15-7-5-6-10-19(15)20-14-17(21)13-18(22-20)12-11-16-8-3-2-4-9-16/h2-10,17-18,20H,11-14H2,1H3/t17-,18+,20+/m0/s1. The van der Waals surface area contributed by atoms with Crippen LogP contribution in [0, 0.1) is 6.92 Å². The molecule has 2 heteroatoms. The smallest absolute Gasteiger partial charge is 0.0845 e. The van der Waals surface area contributed by atoms with E-state index in [9.17, 15) is 0 Å². The first-order valence-electron chi connectivity index (χ1n) is 8.11. The topological polar surface area (TPSA) is 9.23 Å². The summed E-state index contributed by atoms with van der Waals surface area (Å²) in [6.07, 6.45) is 4.34. The molecule has 0 unspecified atom stereocenters. The molecule has 116 valence electrons. The van der Waals surface area contributed by atoms with Gasteiger partial charge in [0.1, 0.15) is 0 Å². The summed E-state index contributed by atoms with van der Waals surface area (Å²) in [4.78, 5) is 0. The second-order valence-electron chi connectivity index (χ2n) is 6.20. The Labute approximate surface area is 138 Å². The van der Waals surface area contributed by atoms with Crippen molar-refractivity contribution in [3.8, 4) is 0 Å². The molecular formula is C20H23ClO. The van der Waals surface area contributed by atoms with E-state index in [0.717, 1.165) is 25.7 Å². The van der Waals surface area contributed by atoms with Gasteiger partial charge in [0.15, 0.2) is 0 Å². The van der Waals surface area contributed by atoms with Crippen LogP contribution in [-0.4, -0.2) is 11.5 Å². The third-order valence-corrected chi connectivity index (χ3v) is 4.83. The number of hydrogen-bond donors (Lipinski definition) is 0. The van der Waals surface area contributed by atoms with Gasteiger partial charge >= 0.3 is 0 Å². The number of halogens is 1. The number of hydrogen-bond acceptors (Lipinski definition) is 1. The first-order valence-corrected chi connectivity index (χ1v) is 8.55. The van der Waals surface area contributed by atoms with Crippen LogP contribution in [0.5, 0.6) is 0 Å². The van der Waals surface area contributed by atoms with Crippen molar-refractivity contribution in [3.05, 3.63) is 71.3 Å². The second-order valence-corrected chi connectivity index (χ2v) is 6.81. The van der Waals surface area contributed by atoms with Gasteiger partial charge in [-0.25, -0.2) is 0 Å². The Bertz CT molecular complexity index is 596. The van der Waals surface area contributed by atoms with Crippen molar-refractivity contribution in [1.29, 1.82) is 0 Å². The predicted molar refractivity (Wildman–Crippen MR) is 92.4 cm³/mol. The average Bonchev–Trinajstić information content (AvgIpc) is 2.54. The fourth-order valence-electron chi connectivity index (χ4n) is 3.26. The summed E-state index contributed by atoms with van der Waals surface area (Å²) in [5, 5.41) is 0.208. The lowest BCUT2D eigenvalue weighted by molar-refractivity contribution is -0.0530. The van der Waals surface area contributed by atoms with Crippen LogP contribution in [0.3, 0.4) is 0 Å². The van der Waals surface area contributed by atoms with Gasteiger partial charge in [-0.05, 0) is 49.3 Å². The van der Waals surface area contributed by atoms with Gasteiger partial charge in [-0.15, -0.1) is 11.6 Å². The monoisotopic (exact) mass is 314 g/mol. The average molecular weight is 315 g/mol. The molecule has 0 bridgehead atoms. The normalized spacial score (nSPS) is 25.1. The van der Waals surface area contributed by atoms with Crippen LogP contribution in [0.1, 0.15) is 42.1 Å². The molecule has 0 amide bonds. The Morgan fingerprint density at radius 2 is 1.73 bits per heavy atom. The molecule has 3 atom stereocenters. The molecule has 22 heavy (non-hydrogen) atoms. The summed E-state index contributed by atoms with van der Waals surface area (Å²) in [7, 11) is 0. The van der Waals surface area contributed by atoms with E-state index < -0.39 is 0 Å². The Kier molecular flexibility index (Phi) is 5.17. The molecule has 2 aromatic carbocycles. The zero-order chi connectivity index (χ0) is 15.4. The summed E-state index contributed by atoms with van der Waals surface area (Å²) in [5.41, 5.74) is 3.95. The highest BCUT2D eigenvalue weighted by atomic mass is 35.5. The molecule has 1 aliphatic rings. The molecule has 1 fully saturated rings. The second kappa shape index (κ2) is 7.30. The summed E-state index contributed by atoms with van der Waals surface area (Å²) >= 11 is 6.51. The molecule has 1 nitrogen and oxygen atoms in total. The van der Waals surface area contributed by atoms with E-state index >= 15 is 0 Å². The van der Waals surface area contributed by atoms with Gasteiger partial charge < -0.3 is 4.74 Å². The summed E-state index contributed by atoms with van der Waals surface area (Å²) in [6.45, 7) is 2.15. The van der Waals surface area contributed by atoms with E-state index in [1.165, 1.54) is 16.7 Å². The van der Waals surface area contributed by atoms with Gasteiger partial charge in [0, 0.05) is 5.38 Å². The van der Waals surface area contributed by atoms with Crippen molar-refractivity contribution in [3.63, 3.8) is 0 Å². The first kappa shape index (κ1) is 15.6. The highest BCUT2D eigenvalue weighted by molar-refractivity contribution is 6.20. The molecule has 0 aliphatic carbocycles. The van der Waals surface area contributed by atoms with Crippen molar-refractivity contribution in [2.24, 2.45) is 0 Å². The predicted octanol–water partition coefficient (Wildman–Crippen LogP) is 5.46. The largest absolute Gasteiger partial charge is 0.370 e. The minimum absolute atomic E-state index is 0.137. The minimum atomic E-state index is 0.137. The van der Waals surface area contributed by atoms with Crippen LogP contribution in [0.25, 0.3) is 0 Å². The molecule has 1 heterocycles. The SMILES string of the molecule is Cc1ccccc1[C@H]1C[C@@H](Cl)C[C@@H](CCc2ccccc2)O1. The van der Waals surface area contributed by atoms with Crippen molar-refractivity contribution in [2.75, 3.05) is 0 Å². The lowest BCUT2D eigenvalue weighted by Gasteiger charge is -2.34. The van der Waals surface area contributed by atoms with Crippen LogP contribution in [-0.2, 0) is 11.2 Å². The molecule has 3 rings (SSSR count). The van der Waals surface area contributed by atoms with Crippen molar-refractivity contribution < 1.29 is 4.74 Å². The number of aryl methyl sites for hydroxylation is 2. The lowest BCUT2D eigenvalue weighted by atomic mass is 9.93. The molecule has 0 N–H and O–H groups in total. The van der Waals surface area contributed by atoms with Crippen LogP contribution in [0.15, 0.2) is 54.6 Å². The highest BCUT2D eigenvalue weighted by Crippen LogP contribution is 2.36. The van der Waals surface area contributed by atoms with Crippen LogP contribution >= 0.6 is 11.6 Å². The Morgan fingerprint density at radius 3 is 2.50 bits per heavy atom.